The summed E-state index contributed by atoms with van der Waals surface area (Å²) in [6, 6.07) is 0. The van der Waals surface area contributed by atoms with Crippen LogP contribution in [0.1, 0.15) is 27.7 Å². The fourth-order valence-corrected chi connectivity index (χ4v) is 2.29. The number of ketones is 1. The largest absolute Gasteiger partial charge is 0.314 e. The van der Waals surface area contributed by atoms with Crippen molar-refractivity contribution in [2.45, 2.75) is 27.7 Å². The first-order chi connectivity index (χ1) is 6.93. The van der Waals surface area contributed by atoms with Crippen LogP contribution < -0.4 is 5.32 Å². The first kappa shape index (κ1) is 12.7. The Morgan fingerprint density at radius 1 is 1.33 bits per heavy atom. The number of rotatable bonds is 4. The molecule has 0 atom stereocenters. The number of hydrogen-bond donors (Lipinski definition) is 1. The van der Waals surface area contributed by atoms with Crippen molar-refractivity contribution in [3.8, 4) is 0 Å². The van der Waals surface area contributed by atoms with Gasteiger partial charge in [-0.3, -0.25) is 9.69 Å². The lowest BCUT2D eigenvalue weighted by molar-refractivity contribution is -0.131. The van der Waals surface area contributed by atoms with Crippen molar-refractivity contribution in [3.63, 3.8) is 0 Å². The number of nitrogens with one attached hydrogen (secondary N) is 1. The highest BCUT2D eigenvalue weighted by Gasteiger charge is 2.31. The maximum absolute atomic E-state index is 12.0. The summed E-state index contributed by atoms with van der Waals surface area (Å²) in [5, 5.41) is 3.33. The van der Waals surface area contributed by atoms with Gasteiger partial charge in [0.25, 0.3) is 0 Å². The predicted molar refractivity (Wildman–Crippen MR) is 62.9 cm³/mol. The highest BCUT2D eigenvalue weighted by Crippen LogP contribution is 2.22. The first-order valence-electron chi connectivity index (χ1n) is 5.91. The molecular formula is C12H24N2O. The molecule has 88 valence electrons. The van der Waals surface area contributed by atoms with Crippen LogP contribution in [0.3, 0.4) is 0 Å². The maximum atomic E-state index is 12.0. The van der Waals surface area contributed by atoms with Crippen LogP contribution in [0.15, 0.2) is 0 Å². The number of Topliss-reactive ketones (excluding diaryl/α,β-unsaturated/α-hetero) is 1. The SMILES string of the molecule is CC(C)C(=O)C(C)(C)CN1CCNCC1. The second-order valence-corrected chi connectivity index (χ2v) is 5.43. The van der Waals surface area contributed by atoms with Gasteiger partial charge in [0.2, 0.25) is 0 Å². The molecule has 1 aliphatic rings. The molecule has 3 nitrogen and oxygen atoms in total. The van der Waals surface area contributed by atoms with Gasteiger partial charge in [0.1, 0.15) is 5.78 Å². The molecule has 0 bridgehead atoms. The van der Waals surface area contributed by atoms with E-state index in [0.717, 1.165) is 32.7 Å². The van der Waals surface area contributed by atoms with Gasteiger partial charge in [-0.1, -0.05) is 27.7 Å². The van der Waals surface area contributed by atoms with Gasteiger partial charge in [0.15, 0.2) is 0 Å². The lowest BCUT2D eigenvalue weighted by Gasteiger charge is -2.35. The minimum atomic E-state index is -0.203. The molecule has 0 spiro atoms. The van der Waals surface area contributed by atoms with Crippen LogP contribution in [-0.2, 0) is 4.79 Å². The fraction of sp³-hybridized carbons (Fsp3) is 0.917. The molecule has 15 heavy (non-hydrogen) atoms. The Kier molecular flexibility index (Phi) is 4.29. The Morgan fingerprint density at radius 3 is 2.33 bits per heavy atom. The lowest BCUT2D eigenvalue weighted by atomic mass is 9.82. The van der Waals surface area contributed by atoms with Gasteiger partial charge in [0.05, 0.1) is 0 Å². The van der Waals surface area contributed by atoms with Gasteiger partial charge in [-0.2, -0.15) is 0 Å². The summed E-state index contributed by atoms with van der Waals surface area (Å²) in [7, 11) is 0. The molecule has 0 aromatic heterocycles. The molecule has 3 heteroatoms. The molecule has 0 aliphatic carbocycles. The van der Waals surface area contributed by atoms with Crippen molar-refractivity contribution in [2.75, 3.05) is 32.7 Å². The van der Waals surface area contributed by atoms with E-state index in [1.165, 1.54) is 0 Å². The predicted octanol–water partition coefficient (Wildman–Crippen LogP) is 1.14. The van der Waals surface area contributed by atoms with Crippen molar-refractivity contribution < 1.29 is 4.79 Å². The average molecular weight is 212 g/mol. The van der Waals surface area contributed by atoms with E-state index in [9.17, 15) is 4.79 Å². The average Bonchev–Trinajstić information content (AvgIpc) is 2.17. The summed E-state index contributed by atoms with van der Waals surface area (Å²) in [6.45, 7) is 13.2. The van der Waals surface area contributed by atoms with Gasteiger partial charge in [0, 0.05) is 44.1 Å². The number of carbonyl (C=O) groups excluding carboxylic acids is 1. The normalized spacial score (nSPS) is 19.5. The highest BCUT2D eigenvalue weighted by atomic mass is 16.1. The molecule has 1 aliphatic heterocycles. The topological polar surface area (TPSA) is 32.3 Å². The van der Waals surface area contributed by atoms with Crippen LogP contribution in [0.25, 0.3) is 0 Å². The van der Waals surface area contributed by atoms with Crippen molar-refractivity contribution >= 4 is 5.78 Å². The smallest absolute Gasteiger partial charge is 0.142 e. The van der Waals surface area contributed by atoms with E-state index in [4.69, 9.17) is 0 Å². The second kappa shape index (κ2) is 5.08. The molecule has 0 aromatic carbocycles. The zero-order valence-electron chi connectivity index (χ0n) is 10.5. The number of carbonyl (C=O) groups is 1. The third kappa shape index (κ3) is 3.58. The van der Waals surface area contributed by atoms with Gasteiger partial charge in [-0.05, 0) is 0 Å². The summed E-state index contributed by atoms with van der Waals surface area (Å²) in [4.78, 5) is 14.4. The number of hydrogen-bond acceptors (Lipinski definition) is 3. The standard InChI is InChI=1S/C12H24N2O/c1-10(2)11(15)12(3,4)9-14-7-5-13-6-8-14/h10,13H,5-9H2,1-4H3. The van der Waals surface area contributed by atoms with Crippen LogP contribution in [-0.4, -0.2) is 43.4 Å². The molecule has 0 amide bonds. The van der Waals surface area contributed by atoms with Gasteiger partial charge >= 0.3 is 0 Å². The van der Waals surface area contributed by atoms with Crippen LogP contribution in [0.2, 0.25) is 0 Å². The van der Waals surface area contributed by atoms with Crippen LogP contribution in [0.4, 0.5) is 0 Å². The van der Waals surface area contributed by atoms with E-state index in [-0.39, 0.29) is 11.3 Å². The molecule has 1 heterocycles. The fourth-order valence-electron chi connectivity index (χ4n) is 2.29. The molecule has 0 saturated carbocycles. The molecule has 0 aromatic rings. The van der Waals surface area contributed by atoms with Crippen molar-refractivity contribution in [3.05, 3.63) is 0 Å². The van der Waals surface area contributed by atoms with E-state index in [1.807, 2.05) is 13.8 Å². The zero-order valence-corrected chi connectivity index (χ0v) is 10.5. The Bertz CT molecular complexity index is 218. The maximum Gasteiger partial charge on any atom is 0.142 e. The molecule has 0 unspecified atom stereocenters. The first-order valence-corrected chi connectivity index (χ1v) is 5.91. The monoisotopic (exact) mass is 212 g/mol. The molecule has 0 radical (unpaired) electrons. The summed E-state index contributed by atoms with van der Waals surface area (Å²) in [6.07, 6.45) is 0. The second-order valence-electron chi connectivity index (χ2n) is 5.43. The Hall–Kier alpha value is -0.410. The van der Waals surface area contributed by atoms with Gasteiger partial charge in [-0.15, -0.1) is 0 Å². The molecular weight excluding hydrogens is 188 g/mol. The van der Waals surface area contributed by atoms with E-state index < -0.39 is 0 Å². The van der Waals surface area contributed by atoms with E-state index >= 15 is 0 Å². The Labute approximate surface area is 93.2 Å². The minimum absolute atomic E-state index is 0.142. The summed E-state index contributed by atoms with van der Waals surface area (Å²) < 4.78 is 0. The number of nitrogens with zero attached hydrogens (tertiary/aromatic N) is 1. The van der Waals surface area contributed by atoms with E-state index in [2.05, 4.69) is 24.1 Å². The number of piperazine rings is 1. The van der Waals surface area contributed by atoms with Gasteiger partial charge < -0.3 is 5.32 Å². The van der Waals surface area contributed by atoms with E-state index in [0.29, 0.717) is 5.78 Å². The summed E-state index contributed by atoms with van der Waals surface area (Å²) in [5.41, 5.74) is -0.203. The van der Waals surface area contributed by atoms with Crippen molar-refractivity contribution in [1.29, 1.82) is 0 Å². The Balaban J connectivity index is 2.50. The van der Waals surface area contributed by atoms with E-state index in [1.54, 1.807) is 0 Å². The van der Waals surface area contributed by atoms with Gasteiger partial charge in [-0.25, -0.2) is 0 Å². The Morgan fingerprint density at radius 2 is 1.87 bits per heavy atom. The summed E-state index contributed by atoms with van der Waals surface area (Å²) >= 11 is 0. The molecule has 1 N–H and O–H groups in total. The molecule has 1 rings (SSSR count). The quantitative estimate of drug-likeness (QED) is 0.758. The zero-order chi connectivity index (χ0) is 11.5. The highest BCUT2D eigenvalue weighted by molar-refractivity contribution is 5.85. The third-order valence-electron chi connectivity index (χ3n) is 3.02. The van der Waals surface area contributed by atoms with Crippen LogP contribution in [0, 0.1) is 11.3 Å². The summed E-state index contributed by atoms with van der Waals surface area (Å²) in [5.74, 6) is 0.518. The molecule has 1 saturated heterocycles. The lowest BCUT2D eigenvalue weighted by Crippen LogP contribution is -2.49. The molecule has 1 fully saturated rings. The third-order valence-corrected chi connectivity index (χ3v) is 3.02. The van der Waals surface area contributed by atoms with Crippen molar-refractivity contribution in [2.24, 2.45) is 11.3 Å². The van der Waals surface area contributed by atoms with Crippen molar-refractivity contribution in [1.82, 2.24) is 10.2 Å². The minimum Gasteiger partial charge on any atom is -0.314 e. The van der Waals surface area contributed by atoms with Crippen LogP contribution in [0.5, 0.6) is 0 Å². The van der Waals surface area contributed by atoms with Crippen LogP contribution >= 0.6 is 0 Å².